The standard InChI is InChI=1S/C26H36N2O4/c1-31-22-14-13-20(17-23(22)32-2)25-26(30)28(21-11-7-4-8-12-21)18-24(29)27(25)16-15-19-9-5-3-6-10-19/h9,13-14,17,21,25H,3-8,10-12,15-16,18H2,1-2H3/t25-/m0/s1. The third kappa shape index (κ3) is 4.79. The van der Waals surface area contributed by atoms with E-state index >= 15 is 0 Å². The van der Waals surface area contributed by atoms with Crippen molar-refractivity contribution in [1.82, 2.24) is 9.80 Å². The zero-order chi connectivity index (χ0) is 22.5. The number of nitrogens with zero attached hydrogens (tertiary/aromatic N) is 2. The van der Waals surface area contributed by atoms with Crippen molar-refractivity contribution in [2.24, 2.45) is 0 Å². The lowest BCUT2D eigenvalue weighted by atomic mass is 9.91. The molecule has 2 amide bonds. The minimum atomic E-state index is -0.609. The Bertz CT molecular complexity index is 859. The highest BCUT2D eigenvalue weighted by molar-refractivity contribution is 5.96. The third-order valence-electron chi connectivity index (χ3n) is 7.25. The lowest BCUT2D eigenvalue weighted by Crippen LogP contribution is -2.58. The topological polar surface area (TPSA) is 59.1 Å². The van der Waals surface area contributed by atoms with Crippen molar-refractivity contribution in [3.8, 4) is 11.5 Å². The molecule has 3 aliphatic rings. The van der Waals surface area contributed by atoms with Gasteiger partial charge in [-0.15, -0.1) is 0 Å². The van der Waals surface area contributed by atoms with Crippen LogP contribution in [0.4, 0.5) is 0 Å². The molecule has 6 nitrogen and oxygen atoms in total. The lowest BCUT2D eigenvalue weighted by molar-refractivity contribution is -0.159. The molecule has 0 unspecified atom stereocenters. The van der Waals surface area contributed by atoms with Crippen LogP contribution >= 0.6 is 0 Å². The molecule has 1 aromatic rings. The van der Waals surface area contributed by atoms with Gasteiger partial charge < -0.3 is 19.3 Å². The van der Waals surface area contributed by atoms with E-state index in [0.717, 1.165) is 50.5 Å². The Labute approximate surface area is 191 Å². The Morgan fingerprint density at radius 1 is 0.969 bits per heavy atom. The molecule has 6 heteroatoms. The zero-order valence-electron chi connectivity index (χ0n) is 19.5. The molecule has 32 heavy (non-hydrogen) atoms. The van der Waals surface area contributed by atoms with Gasteiger partial charge in [0.2, 0.25) is 5.91 Å². The van der Waals surface area contributed by atoms with Crippen molar-refractivity contribution in [2.75, 3.05) is 27.3 Å². The first-order valence-corrected chi connectivity index (χ1v) is 12.1. The minimum Gasteiger partial charge on any atom is -0.493 e. The number of carbonyl (C=O) groups is 2. The fourth-order valence-corrected chi connectivity index (χ4v) is 5.45. The van der Waals surface area contributed by atoms with Gasteiger partial charge >= 0.3 is 0 Å². The number of methoxy groups -OCH3 is 2. The molecule has 1 atom stereocenters. The minimum absolute atomic E-state index is 0.0429. The maximum atomic E-state index is 13.8. The van der Waals surface area contributed by atoms with Gasteiger partial charge in [-0.2, -0.15) is 0 Å². The molecular formula is C26H36N2O4. The van der Waals surface area contributed by atoms with Crippen LogP contribution in [0, 0.1) is 0 Å². The smallest absolute Gasteiger partial charge is 0.250 e. The molecule has 1 aliphatic heterocycles. The van der Waals surface area contributed by atoms with Gasteiger partial charge in [-0.05, 0) is 62.6 Å². The fraction of sp³-hybridized carbons (Fsp3) is 0.615. The van der Waals surface area contributed by atoms with Crippen molar-refractivity contribution >= 4 is 11.8 Å². The van der Waals surface area contributed by atoms with Crippen LogP contribution in [-0.2, 0) is 9.59 Å². The molecule has 4 rings (SSSR count). The molecule has 174 valence electrons. The van der Waals surface area contributed by atoms with Crippen LogP contribution in [0.2, 0.25) is 0 Å². The predicted octanol–water partition coefficient (Wildman–Crippen LogP) is 4.64. The fourth-order valence-electron chi connectivity index (χ4n) is 5.45. The van der Waals surface area contributed by atoms with Crippen molar-refractivity contribution in [2.45, 2.75) is 76.3 Å². The van der Waals surface area contributed by atoms with E-state index in [0.29, 0.717) is 18.0 Å². The first kappa shape index (κ1) is 22.7. The van der Waals surface area contributed by atoms with E-state index in [4.69, 9.17) is 9.47 Å². The highest BCUT2D eigenvalue weighted by Crippen LogP contribution is 2.37. The monoisotopic (exact) mass is 440 g/mol. The summed E-state index contributed by atoms with van der Waals surface area (Å²) in [7, 11) is 3.19. The van der Waals surface area contributed by atoms with Gasteiger partial charge in [0.05, 0.1) is 14.2 Å². The number of carbonyl (C=O) groups excluding carboxylic acids is 2. The third-order valence-corrected chi connectivity index (χ3v) is 7.25. The Morgan fingerprint density at radius 3 is 2.44 bits per heavy atom. The highest BCUT2D eigenvalue weighted by Gasteiger charge is 2.43. The molecule has 0 N–H and O–H groups in total. The molecule has 0 radical (unpaired) electrons. The highest BCUT2D eigenvalue weighted by atomic mass is 16.5. The number of rotatable bonds is 7. The maximum absolute atomic E-state index is 13.8. The molecule has 0 bridgehead atoms. The van der Waals surface area contributed by atoms with Gasteiger partial charge in [-0.3, -0.25) is 9.59 Å². The van der Waals surface area contributed by atoms with Gasteiger partial charge in [0, 0.05) is 12.6 Å². The van der Waals surface area contributed by atoms with Crippen molar-refractivity contribution in [3.63, 3.8) is 0 Å². The zero-order valence-corrected chi connectivity index (χ0v) is 19.5. The van der Waals surface area contributed by atoms with Crippen molar-refractivity contribution < 1.29 is 19.1 Å². The number of amides is 2. The Balaban J connectivity index is 1.63. The Kier molecular flexibility index (Phi) is 7.38. The summed E-state index contributed by atoms with van der Waals surface area (Å²) in [4.78, 5) is 30.9. The molecule has 1 saturated carbocycles. The normalized spacial score (nSPS) is 22.7. The number of allylic oxidation sites excluding steroid dienone is 1. The maximum Gasteiger partial charge on any atom is 0.250 e. The molecule has 0 spiro atoms. The second-order valence-electron chi connectivity index (χ2n) is 9.22. The Morgan fingerprint density at radius 2 is 1.75 bits per heavy atom. The molecule has 2 aliphatic carbocycles. The van der Waals surface area contributed by atoms with E-state index in [1.165, 1.54) is 24.8 Å². The van der Waals surface area contributed by atoms with Crippen LogP contribution in [0.5, 0.6) is 11.5 Å². The van der Waals surface area contributed by atoms with Crippen molar-refractivity contribution in [3.05, 3.63) is 35.4 Å². The van der Waals surface area contributed by atoms with E-state index in [-0.39, 0.29) is 24.4 Å². The Hall–Kier alpha value is -2.50. The summed E-state index contributed by atoms with van der Waals surface area (Å²) in [5, 5.41) is 0. The quantitative estimate of drug-likeness (QED) is 0.580. The summed E-state index contributed by atoms with van der Waals surface area (Å²) in [6, 6.07) is 5.14. The van der Waals surface area contributed by atoms with Crippen molar-refractivity contribution in [1.29, 1.82) is 0 Å². The molecule has 1 aromatic carbocycles. The van der Waals surface area contributed by atoms with Gasteiger partial charge in [0.15, 0.2) is 11.5 Å². The van der Waals surface area contributed by atoms with E-state index in [1.54, 1.807) is 19.1 Å². The van der Waals surface area contributed by atoms with Crippen LogP contribution in [-0.4, -0.2) is 55.0 Å². The summed E-state index contributed by atoms with van der Waals surface area (Å²) in [6.07, 6.45) is 13.3. The number of hydrogen-bond acceptors (Lipinski definition) is 4. The van der Waals surface area contributed by atoms with Crippen LogP contribution < -0.4 is 9.47 Å². The van der Waals surface area contributed by atoms with Gasteiger partial charge in [-0.1, -0.05) is 37.0 Å². The van der Waals surface area contributed by atoms with Gasteiger partial charge in [-0.25, -0.2) is 0 Å². The summed E-state index contributed by atoms with van der Waals surface area (Å²) in [5.41, 5.74) is 2.21. The van der Waals surface area contributed by atoms with Crippen LogP contribution in [0.15, 0.2) is 29.8 Å². The van der Waals surface area contributed by atoms with E-state index in [1.807, 2.05) is 23.1 Å². The van der Waals surface area contributed by atoms with E-state index in [2.05, 4.69) is 6.08 Å². The second-order valence-corrected chi connectivity index (χ2v) is 9.22. The second kappa shape index (κ2) is 10.4. The largest absolute Gasteiger partial charge is 0.493 e. The lowest BCUT2D eigenvalue weighted by Gasteiger charge is -2.44. The number of benzene rings is 1. The summed E-state index contributed by atoms with van der Waals surface area (Å²) >= 11 is 0. The molecule has 2 fully saturated rings. The average Bonchev–Trinajstić information content (AvgIpc) is 2.85. The predicted molar refractivity (Wildman–Crippen MR) is 124 cm³/mol. The molecular weight excluding hydrogens is 404 g/mol. The number of ether oxygens (including phenoxy) is 2. The molecule has 1 saturated heterocycles. The van der Waals surface area contributed by atoms with Crippen LogP contribution in [0.3, 0.4) is 0 Å². The summed E-state index contributed by atoms with van der Waals surface area (Å²) < 4.78 is 10.9. The van der Waals surface area contributed by atoms with Gasteiger partial charge in [0.25, 0.3) is 5.91 Å². The van der Waals surface area contributed by atoms with Gasteiger partial charge in [0.1, 0.15) is 12.6 Å². The average molecular weight is 441 g/mol. The summed E-state index contributed by atoms with van der Waals surface area (Å²) in [5.74, 6) is 1.29. The first-order chi connectivity index (χ1) is 15.6. The first-order valence-electron chi connectivity index (χ1n) is 12.1. The SMILES string of the molecule is COc1ccc([C@H]2C(=O)N(C3CCCCC3)CC(=O)N2CCC2=CCCCC2)cc1OC. The van der Waals surface area contributed by atoms with E-state index in [9.17, 15) is 9.59 Å². The number of piperazine rings is 1. The van der Waals surface area contributed by atoms with Crippen LogP contribution in [0.25, 0.3) is 0 Å². The summed E-state index contributed by atoms with van der Waals surface area (Å²) in [6.45, 7) is 0.778. The number of hydrogen-bond donors (Lipinski definition) is 0. The molecule has 1 heterocycles. The van der Waals surface area contributed by atoms with Crippen LogP contribution in [0.1, 0.15) is 75.8 Å². The van der Waals surface area contributed by atoms with E-state index < -0.39 is 6.04 Å². The molecule has 0 aromatic heterocycles.